The molecular formula is C8H16O7. The molecule has 15 heavy (non-hydrogen) atoms. The minimum Gasteiger partial charge on any atom is -0.394 e. The summed E-state index contributed by atoms with van der Waals surface area (Å²) in [5, 5.41) is 45.5. The van der Waals surface area contributed by atoms with Gasteiger partial charge in [-0.3, -0.25) is 0 Å². The quantitative estimate of drug-likeness (QED) is 0.341. The molecule has 7 nitrogen and oxygen atoms in total. The van der Waals surface area contributed by atoms with Gasteiger partial charge in [-0.05, 0) is 0 Å². The Balaban J connectivity index is 2.57. The predicted molar refractivity (Wildman–Crippen MR) is 46.8 cm³/mol. The predicted octanol–water partition coefficient (Wildman–Crippen LogP) is -3.20. The lowest BCUT2D eigenvalue weighted by atomic mass is 9.99. The van der Waals surface area contributed by atoms with Crippen molar-refractivity contribution >= 4 is 0 Å². The fourth-order valence-electron chi connectivity index (χ4n) is 1.37. The SMILES string of the molecule is OCCOC1O[C@H](CO)[C@@H](O)[C@H](O)[C@@H]1O. The molecule has 90 valence electrons. The molecule has 0 aromatic carbocycles. The van der Waals surface area contributed by atoms with Gasteiger partial charge in [0.25, 0.3) is 0 Å². The van der Waals surface area contributed by atoms with Crippen LogP contribution in [0.5, 0.6) is 0 Å². The zero-order valence-electron chi connectivity index (χ0n) is 8.06. The lowest BCUT2D eigenvalue weighted by Gasteiger charge is -2.39. The molecule has 0 saturated carbocycles. The molecule has 0 aromatic heterocycles. The van der Waals surface area contributed by atoms with Crippen LogP contribution >= 0.6 is 0 Å². The van der Waals surface area contributed by atoms with E-state index in [1.54, 1.807) is 0 Å². The molecule has 1 saturated heterocycles. The minimum atomic E-state index is -1.44. The fourth-order valence-corrected chi connectivity index (χ4v) is 1.37. The highest BCUT2D eigenvalue weighted by Gasteiger charge is 2.43. The van der Waals surface area contributed by atoms with Crippen molar-refractivity contribution in [3.8, 4) is 0 Å². The molecule has 1 unspecified atom stereocenters. The third-order valence-corrected chi connectivity index (χ3v) is 2.22. The van der Waals surface area contributed by atoms with E-state index in [0.717, 1.165) is 0 Å². The molecule has 0 spiro atoms. The molecule has 0 bridgehead atoms. The first-order chi connectivity index (χ1) is 7.11. The second kappa shape index (κ2) is 5.71. The molecule has 5 N–H and O–H groups in total. The maximum Gasteiger partial charge on any atom is 0.186 e. The van der Waals surface area contributed by atoms with Crippen LogP contribution in [0.1, 0.15) is 0 Å². The number of rotatable bonds is 4. The van der Waals surface area contributed by atoms with E-state index in [1.807, 2.05) is 0 Å². The molecule has 1 aliphatic rings. The largest absolute Gasteiger partial charge is 0.394 e. The number of ether oxygens (including phenoxy) is 2. The zero-order valence-corrected chi connectivity index (χ0v) is 8.06. The normalized spacial score (nSPS) is 41.8. The van der Waals surface area contributed by atoms with Gasteiger partial charge in [-0.1, -0.05) is 0 Å². The Bertz CT molecular complexity index is 186. The Morgan fingerprint density at radius 3 is 2.20 bits per heavy atom. The molecule has 0 aromatic rings. The molecule has 1 aliphatic heterocycles. The lowest BCUT2D eigenvalue weighted by molar-refractivity contribution is -0.302. The van der Waals surface area contributed by atoms with Gasteiger partial charge in [-0.15, -0.1) is 0 Å². The third kappa shape index (κ3) is 2.85. The highest BCUT2D eigenvalue weighted by Crippen LogP contribution is 2.21. The maximum absolute atomic E-state index is 9.42. The standard InChI is InChI=1S/C8H16O7/c9-1-2-14-8-7(13)6(12)5(11)4(3-10)15-8/h4-13H,1-3H2/t4-,5-,6+,7+,8?/m1/s1. The summed E-state index contributed by atoms with van der Waals surface area (Å²) in [5.41, 5.74) is 0. The van der Waals surface area contributed by atoms with Crippen LogP contribution < -0.4 is 0 Å². The summed E-state index contributed by atoms with van der Waals surface area (Å²) in [6, 6.07) is 0. The minimum absolute atomic E-state index is 0.0668. The van der Waals surface area contributed by atoms with Crippen LogP contribution in [0.15, 0.2) is 0 Å². The number of hydrogen-bond donors (Lipinski definition) is 5. The Morgan fingerprint density at radius 2 is 1.67 bits per heavy atom. The van der Waals surface area contributed by atoms with Crippen molar-refractivity contribution in [2.45, 2.75) is 30.7 Å². The van der Waals surface area contributed by atoms with Crippen LogP contribution in [0.3, 0.4) is 0 Å². The van der Waals surface area contributed by atoms with Gasteiger partial charge in [-0.25, -0.2) is 0 Å². The van der Waals surface area contributed by atoms with E-state index in [2.05, 4.69) is 0 Å². The van der Waals surface area contributed by atoms with Gasteiger partial charge in [0.1, 0.15) is 24.4 Å². The average Bonchev–Trinajstić information content (AvgIpc) is 2.25. The summed E-state index contributed by atoms with van der Waals surface area (Å²) < 4.78 is 9.88. The highest BCUT2D eigenvalue weighted by atomic mass is 16.7. The van der Waals surface area contributed by atoms with E-state index in [-0.39, 0.29) is 13.2 Å². The third-order valence-electron chi connectivity index (χ3n) is 2.22. The van der Waals surface area contributed by atoms with Crippen molar-refractivity contribution in [3.05, 3.63) is 0 Å². The molecule has 1 heterocycles. The van der Waals surface area contributed by atoms with E-state index in [1.165, 1.54) is 0 Å². The van der Waals surface area contributed by atoms with Crippen molar-refractivity contribution in [1.29, 1.82) is 0 Å². The van der Waals surface area contributed by atoms with Crippen LogP contribution in [0, 0.1) is 0 Å². The molecule has 0 amide bonds. The zero-order chi connectivity index (χ0) is 11.4. The Kier molecular flexibility index (Phi) is 4.87. The van der Waals surface area contributed by atoms with Gasteiger partial charge in [-0.2, -0.15) is 0 Å². The smallest absolute Gasteiger partial charge is 0.186 e. The molecule has 5 atom stereocenters. The molecule has 0 radical (unpaired) electrons. The van der Waals surface area contributed by atoms with E-state index in [0.29, 0.717) is 0 Å². The molecular weight excluding hydrogens is 208 g/mol. The van der Waals surface area contributed by atoms with Crippen molar-refractivity contribution in [1.82, 2.24) is 0 Å². The fraction of sp³-hybridized carbons (Fsp3) is 1.00. The second-order valence-corrected chi connectivity index (χ2v) is 3.29. The first-order valence-corrected chi connectivity index (χ1v) is 4.64. The number of aliphatic hydroxyl groups is 5. The van der Waals surface area contributed by atoms with Gasteiger partial charge >= 0.3 is 0 Å². The first kappa shape index (κ1) is 12.8. The number of aliphatic hydroxyl groups excluding tert-OH is 5. The molecule has 1 fully saturated rings. The highest BCUT2D eigenvalue weighted by molar-refractivity contribution is 4.88. The van der Waals surface area contributed by atoms with Crippen molar-refractivity contribution in [3.63, 3.8) is 0 Å². The summed E-state index contributed by atoms with van der Waals surface area (Å²) in [6.45, 7) is -0.818. The summed E-state index contributed by atoms with van der Waals surface area (Å²) in [6.07, 6.45) is -6.38. The van der Waals surface area contributed by atoms with E-state index >= 15 is 0 Å². The molecule has 7 heteroatoms. The summed E-state index contributed by atoms with van der Waals surface area (Å²) in [7, 11) is 0. The number of hydrogen-bond acceptors (Lipinski definition) is 7. The topological polar surface area (TPSA) is 120 Å². The first-order valence-electron chi connectivity index (χ1n) is 4.64. The van der Waals surface area contributed by atoms with E-state index in [9.17, 15) is 15.3 Å². The second-order valence-electron chi connectivity index (χ2n) is 3.29. The lowest BCUT2D eigenvalue weighted by Crippen LogP contribution is -2.59. The Hall–Kier alpha value is -0.280. The van der Waals surface area contributed by atoms with Crippen molar-refractivity contribution in [2.24, 2.45) is 0 Å². The van der Waals surface area contributed by atoms with Crippen LogP contribution in [0.2, 0.25) is 0 Å². The Morgan fingerprint density at radius 1 is 1.00 bits per heavy atom. The average molecular weight is 224 g/mol. The van der Waals surface area contributed by atoms with E-state index in [4.69, 9.17) is 19.7 Å². The van der Waals surface area contributed by atoms with Gasteiger partial charge in [0, 0.05) is 0 Å². The van der Waals surface area contributed by atoms with Crippen LogP contribution in [0.25, 0.3) is 0 Å². The maximum atomic E-state index is 9.42. The van der Waals surface area contributed by atoms with Gasteiger partial charge in [0.05, 0.1) is 19.8 Å². The summed E-state index contributed by atoms with van der Waals surface area (Å²) in [4.78, 5) is 0. The Labute approximate surface area is 86.5 Å². The van der Waals surface area contributed by atoms with Crippen molar-refractivity contribution in [2.75, 3.05) is 19.8 Å². The molecule has 1 rings (SSSR count). The van der Waals surface area contributed by atoms with E-state index < -0.39 is 37.3 Å². The summed E-state index contributed by atoms with van der Waals surface area (Å²) >= 11 is 0. The van der Waals surface area contributed by atoms with Crippen LogP contribution in [0.4, 0.5) is 0 Å². The van der Waals surface area contributed by atoms with Crippen LogP contribution in [-0.2, 0) is 9.47 Å². The van der Waals surface area contributed by atoms with Gasteiger partial charge in [0.2, 0.25) is 0 Å². The van der Waals surface area contributed by atoms with Gasteiger partial charge < -0.3 is 35.0 Å². The van der Waals surface area contributed by atoms with Gasteiger partial charge in [0.15, 0.2) is 6.29 Å². The van der Waals surface area contributed by atoms with Crippen LogP contribution in [-0.4, -0.2) is 76.1 Å². The summed E-state index contributed by atoms with van der Waals surface area (Å²) in [5.74, 6) is 0. The molecule has 0 aliphatic carbocycles. The van der Waals surface area contributed by atoms with Crippen molar-refractivity contribution < 1.29 is 35.0 Å². The monoisotopic (exact) mass is 224 g/mol.